The van der Waals surface area contributed by atoms with E-state index in [0.717, 1.165) is 0 Å². The minimum Gasteiger partial charge on any atom is -0.465 e. The van der Waals surface area contributed by atoms with Crippen LogP contribution >= 0.6 is 0 Å². The highest BCUT2D eigenvalue weighted by Gasteiger charge is 2.16. The van der Waals surface area contributed by atoms with Crippen molar-refractivity contribution in [2.45, 2.75) is 13.8 Å². The largest absolute Gasteiger partial charge is 0.465 e. The molecule has 7 nitrogen and oxygen atoms in total. The molecule has 0 aliphatic rings. The second-order valence-corrected chi connectivity index (χ2v) is 4.16. The molecule has 0 unspecified atom stereocenters. The lowest BCUT2D eigenvalue weighted by atomic mass is 10.1. The number of carbonyl (C=O) groups is 2. The number of carboxylic acid groups (broad SMARTS) is 1. The quantitative estimate of drug-likeness (QED) is 0.798. The van der Waals surface area contributed by atoms with Crippen LogP contribution in [0.4, 0.5) is 16.2 Å². The predicted molar refractivity (Wildman–Crippen MR) is 72.6 cm³/mol. The lowest BCUT2D eigenvalue weighted by molar-refractivity contribution is -0.114. The van der Waals surface area contributed by atoms with Crippen LogP contribution in [0.25, 0.3) is 11.3 Å². The van der Waals surface area contributed by atoms with Gasteiger partial charge in [0, 0.05) is 18.2 Å². The van der Waals surface area contributed by atoms with Crippen molar-refractivity contribution in [3.63, 3.8) is 0 Å². The Hall–Kier alpha value is -2.83. The summed E-state index contributed by atoms with van der Waals surface area (Å²) in [6.45, 7) is 3.06. The normalized spacial score (nSPS) is 10.1. The maximum Gasteiger partial charge on any atom is 0.409 e. The smallest absolute Gasteiger partial charge is 0.409 e. The van der Waals surface area contributed by atoms with Gasteiger partial charge in [-0.05, 0) is 31.2 Å². The Morgan fingerprint density at radius 2 is 1.85 bits per heavy atom. The fraction of sp³-hybridized carbons (Fsp3) is 0.154. The van der Waals surface area contributed by atoms with E-state index < -0.39 is 6.09 Å². The number of hydrogen-bond acceptors (Lipinski definition) is 4. The second kappa shape index (κ2) is 5.43. The Kier molecular flexibility index (Phi) is 3.69. The first kappa shape index (κ1) is 13.6. The molecule has 7 heteroatoms. The molecule has 0 atom stereocenters. The van der Waals surface area contributed by atoms with Crippen molar-refractivity contribution < 1.29 is 19.2 Å². The van der Waals surface area contributed by atoms with Crippen LogP contribution in [0.2, 0.25) is 0 Å². The average molecular weight is 275 g/mol. The molecule has 2 aromatic rings. The van der Waals surface area contributed by atoms with Crippen molar-refractivity contribution >= 4 is 23.4 Å². The predicted octanol–water partition coefficient (Wildman–Crippen LogP) is 2.70. The Bertz CT molecular complexity index is 646. The molecule has 20 heavy (non-hydrogen) atoms. The van der Waals surface area contributed by atoms with Gasteiger partial charge in [0.25, 0.3) is 0 Å². The lowest BCUT2D eigenvalue weighted by Crippen LogP contribution is -2.08. The fourth-order valence-electron chi connectivity index (χ4n) is 1.73. The molecule has 1 heterocycles. The van der Waals surface area contributed by atoms with E-state index >= 15 is 0 Å². The van der Waals surface area contributed by atoms with Gasteiger partial charge in [-0.15, -0.1) is 0 Å². The molecule has 0 spiro atoms. The second-order valence-electron chi connectivity index (χ2n) is 4.16. The minimum atomic E-state index is -1.19. The zero-order valence-electron chi connectivity index (χ0n) is 10.9. The number of nitrogens with one attached hydrogen (secondary N) is 2. The van der Waals surface area contributed by atoms with Gasteiger partial charge in [-0.3, -0.25) is 10.1 Å². The van der Waals surface area contributed by atoms with Crippen molar-refractivity contribution in [2.75, 3.05) is 10.6 Å². The van der Waals surface area contributed by atoms with Crippen molar-refractivity contribution in [3.05, 3.63) is 30.0 Å². The molecule has 0 aliphatic carbocycles. The van der Waals surface area contributed by atoms with E-state index in [-0.39, 0.29) is 5.91 Å². The summed E-state index contributed by atoms with van der Waals surface area (Å²) >= 11 is 0. The van der Waals surface area contributed by atoms with Crippen LogP contribution in [0.5, 0.6) is 0 Å². The summed E-state index contributed by atoms with van der Waals surface area (Å²) in [5.41, 5.74) is 2.06. The Balaban J connectivity index is 2.32. The Labute approximate surface area is 114 Å². The van der Waals surface area contributed by atoms with E-state index in [9.17, 15) is 9.59 Å². The summed E-state index contributed by atoms with van der Waals surface area (Å²) in [6.07, 6.45) is -1.19. The first-order valence-electron chi connectivity index (χ1n) is 5.81. The number of amides is 2. The Morgan fingerprint density at radius 3 is 2.40 bits per heavy atom. The van der Waals surface area contributed by atoms with E-state index in [4.69, 9.17) is 9.63 Å². The van der Waals surface area contributed by atoms with Crippen LogP contribution in [0.3, 0.4) is 0 Å². The molecule has 0 radical (unpaired) electrons. The van der Waals surface area contributed by atoms with Gasteiger partial charge in [0.1, 0.15) is 11.4 Å². The summed E-state index contributed by atoms with van der Waals surface area (Å²) in [7, 11) is 0. The summed E-state index contributed by atoms with van der Waals surface area (Å²) in [5.74, 6) is 0.167. The van der Waals surface area contributed by atoms with E-state index in [0.29, 0.717) is 28.4 Å². The van der Waals surface area contributed by atoms with Crippen LogP contribution in [0.1, 0.15) is 12.6 Å². The van der Waals surface area contributed by atoms with Gasteiger partial charge in [0.15, 0.2) is 5.76 Å². The van der Waals surface area contributed by atoms with Gasteiger partial charge < -0.3 is 14.9 Å². The summed E-state index contributed by atoms with van der Waals surface area (Å²) < 4.78 is 5.14. The van der Waals surface area contributed by atoms with Gasteiger partial charge in [0.2, 0.25) is 5.91 Å². The third kappa shape index (κ3) is 2.94. The number of anilines is 2. The molecular weight excluding hydrogens is 262 g/mol. The highest BCUT2D eigenvalue weighted by Crippen LogP contribution is 2.31. The van der Waals surface area contributed by atoms with Crippen molar-refractivity contribution in [1.82, 2.24) is 5.16 Å². The van der Waals surface area contributed by atoms with Gasteiger partial charge in [0.05, 0.1) is 0 Å². The van der Waals surface area contributed by atoms with Gasteiger partial charge in [-0.2, -0.15) is 0 Å². The van der Waals surface area contributed by atoms with Crippen LogP contribution in [0.15, 0.2) is 28.8 Å². The third-order valence-electron chi connectivity index (χ3n) is 2.56. The molecule has 0 bridgehead atoms. The highest BCUT2D eigenvalue weighted by molar-refractivity contribution is 5.91. The monoisotopic (exact) mass is 275 g/mol. The number of aryl methyl sites for hydroxylation is 1. The number of benzene rings is 1. The number of hydrogen-bond donors (Lipinski definition) is 3. The van der Waals surface area contributed by atoms with Gasteiger partial charge in [-0.1, -0.05) is 5.16 Å². The maximum absolute atomic E-state index is 10.9. The maximum atomic E-state index is 10.9. The Morgan fingerprint density at radius 1 is 1.20 bits per heavy atom. The molecule has 0 saturated carbocycles. The number of nitrogens with zero attached hydrogens (tertiary/aromatic N) is 1. The van der Waals surface area contributed by atoms with Crippen molar-refractivity contribution in [3.8, 4) is 11.3 Å². The van der Waals surface area contributed by atoms with Crippen LogP contribution in [-0.2, 0) is 4.79 Å². The standard InChI is InChI=1S/C13H13N3O4/c1-7-11(15-13(18)19)12(20-16-7)9-3-5-10(6-4-9)14-8(2)17/h3-6,15H,1-2H3,(H,14,17)(H,18,19). The highest BCUT2D eigenvalue weighted by atomic mass is 16.5. The zero-order valence-corrected chi connectivity index (χ0v) is 10.9. The average Bonchev–Trinajstić information content (AvgIpc) is 2.71. The first-order chi connectivity index (χ1) is 9.47. The molecule has 0 aliphatic heterocycles. The first-order valence-corrected chi connectivity index (χ1v) is 5.81. The van der Waals surface area contributed by atoms with E-state index in [1.54, 1.807) is 31.2 Å². The fourth-order valence-corrected chi connectivity index (χ4v) is 1.73. The van der Waals surface area contributed by atoms with Crippen molar-refractivity contribution in [1.29, 1.82) is 0 Å². The number of carbonyl (C=O) groups excluding carboxylic acids is 1. The molecule has 0 fully saturated rings. The topological polar surface area (TPSA) is 104 Å². The van der Waals surface area contributed by atoms with Crippen LogP contribution in [-0.4, -0.2) is 22.3 Å². The van der Waals surface area contributed by atoms with Crippen LogP contribution < -0.4 is 10.6 Å². The molecule has 0 saturated heterocycles. The molecule has 2 rings (SSSR count). The van der Waals surface area contributed by atoms with Gasteiger partial charge >= 0.3 is 6.09 Å². The van der Waals surface area contributed by atoms with E-state index in [1.165, 1.54) is 6.92 Å². The van der Waals surface area contributed by atoms with E-state index in [1.807, 2.05) is 0 Å². The molecule has 1 aromatic carbocycles. The van der Waals surface area contributed by atoms with Crippen LogP contribution in [0, 0.1) is 6.92 Å². The SMILES string of the molecule is CC(=O)Nc1ccc(-c2onc(C)c2NC(=O)O)cc1. The van der Waals surface area contributed by atoms with Gasteiger partial charge in [-0.25, -0.2) is 4.79 Å². The number of aromatic nitrogens is 1. The zero-order chi connectivity index (χ0) is 14.7. The van der Waals surface area contributed by atoms with Crippen molar-refractivity contribution in [2.24, 2.45) is 0 Å². The number of rotatable bonds is 3. The summed E-state index contributed by atoms with van der Waals surface area (Å²) in [6, 6.07) is 6.80. The molecular formula is C13H13N3O4. The third-order valence-corrected chi connectivity index (χ3v) is 2.56. The molecule has 104 valence electrons. The molecule has 1 aromatic heterocycles. The lowest BCUT2D eigenvalue weighted by Gasteiger charge is -2.04. The summed E-state index contributed by atoms with van der Waals surface area (Å²) in [5, 5.41) is 17.4. The molecule has 3 N–H and O–H groups in total. The minimum absolute atomic E-state index is 0.165. The summed E-state index contributed by atoms with van der Waals surface area (Å²) in [4.78, 5) is 21.7. The molecule has 2 amide bonds. The van der Waals surface area contributed by atoms with E-state index in [2.05, 4.69) is 15.8 Å².